The van der Waals surface area contributed by atoms with E-state index in [1.807, 2.05) is 13.8 Å². The summed E-state index contributed by atoms with van der Waals surface area (Å²) in [6, 6.07) is 0. The average Bonchev–Trinajstić information content (AvgIpc) is 1.87. The van der Waals surface area contributed by atoms with Crippen LogP contribution in [0, 0.1) is 17.3 Å². The first-order valence-corrected chi connectivity index (χ1v) is 5.59. The molecule has 0 aliphatic heterocycles. The van der Waals surface area contributed by atoms with Crippen LogP contribution in [-0.2, 0) is 0 Å². The van der Waals surface area contributed by atoms with Crippen molar-refractivity contribution in [1.29, 1.82) is 0 Å². The number of hydrogen-bond acceptors (Lipinski definition) is 0. The molecule has 0 unspecified atom stereocenters. The molecule has 0 radical (unpaired) electrons. The molecular weight excluding hydrogens is 144 g/mol. The zero-order valence-electron chi connectivity index (χ0n) is 9.78. The SMILES string of the molecule is CC.CC(C)C1(C(C)C)CCC1. The maximum atomic E-state index is 2.37. The fraction of sp³-hybridized carbons (Fsp3) is 1.00. The van der Waals surface area contributed by atoms with Crippen LogP contribution in [0.15, 0.2) is 0 Å². The van der Waals surface area contributed by atoms with Crippen molar-refractivity contribution in [3.63, 3.8) is 0 Å². The Balaban J connectivity index is 0.000000561. The molecule has 0 saturated heterocycles. The Morgan fingerprint density at radius 2 is 1.17 bits per heavy atom. The molecule has 0 bridgehead atoms. The van der Waals surface area contributed by atoms with Gasteiger partial charge in [0, 0.05) is 0 Å². The molecule has 0 spiro atoms. The van der Waals surface area contributed by atoms with Crippen molar-refractivity contribution < 1.29 is 0 Å². The predicted molar refractivity (Wildman–Crippen MR) is 57.3 cm³/mol. The third kappa shape index (κ3) is 2.02. The number of hydrogen-bond donors (Lipinski definition) is 0. The molecular formula is C12H26. The summed E-state index contributed by atoms with van der Waals surface area (Å²) in [7, 11) is 0. The van der Waals surface area contributed by atoms with Gasteiger partial charge in [0.25, 0.3) is 0 Å². The second kappa shape index (κ2) is 4.89. The predicted octanol–water partition coefficient (Wildman–Crippen LogP) is 4.49. The lowest BCUT2D eigenvalue weighted by Crippen LogP contribution is -2.39. The molecule has 0 aromatic rings. The smallest absolute Gasteiger partial charge is 0.0251 e. The highest BCUT2D eigenvalue weighted by molar-refractivity contribution is 4.92. The maximum absolute atomic E-state index is 2.37. The summed E-state index contributed by atoms with van der Waals surface area (Å²) in [5.74, 6) is 1.78. The second-order valence-corrected chi connectivity index (χ2v) is 4.40. The highest BCUT2D eigenvalue weighted by atomic mass is 14.5. The van der Waals surface area contributed by atoms with Crippen molar-refractivity contribution in [1.82, 2.24) is 0 Å². The summed E-state index contributed by atoms with van der Waals surface area (Å²) in [5.41, 5.74) is 0.722. The molecule has 0 heterocycles. The summed E-state index contributed by atoms with van der Waals surface area (Å²) in [5, 5.41) is 0. The van der Waals surface area contributed by atoms with Gasteiger partial charge in [0.05, 0.1) is 0 Å². The molecule has 0 heteroatoms. The van der Waals surface area contributed by atoms with E-state index in [0.29, 0.717) is 0 Å². The topological polar surface area (TPSA) is 0 Å². The van der Waals surface area contributed by atoms with Crippen LogP contribution < -0.4 is 0 Å². The lowest BCUT2D eigenvalue weighted by atomic mass is 9.56. The quantitative estimate of drug-likeness (QED) is 0.572. The molecule has 0 N–H and O–H groups in total. The Bertz CT molecular complexity index is 97.2. The van der Waals surface area contributed by atoms with Gasteiger partial charge in [-0.25, -0.2) is 0 Å². The third-order valence-electron chi connectivity index (χ3n) is 3.58. The van der Waals surface area contributed by atoms with Crippen LogP contribution in [0.4, 0.5) is 0 Å². The fourth-order valence-electron chi connectivity index (χ4n) is 2.41. The Morgan fingerprint density at radius 1 is 0.833 bits per heavy atom. The zero-order chi connectivity index (χ0) is 9.78. The van der Waals surface area contributed by atoms with Gasteiger partial charge in [-0.05, 0) is 30.1 Å². The van der Waals surface area contributed by atoms with E-state index < -0.39 is 0 Å². The minimum absolute atomic E-state index is 0.722. The first-order valence-electron chi connectivity index (χ1n) is 5.59. The van der Waals surface area contributed by atoms with E-state index in [9.17, 15) is 0 Å². The van der Waals surface area contributed by atoms with Crippen LogP contribution in [0.3, 0.4) is 0 Å². The minimum atomic E-state index is 0.722. The van der Waals surface area contributed by atoms with Gasteiger partial charge >= 0.3 is 0 Å². The van der Waals surface area contributed by atoms with Crippen molar-refractivity contribution in [2.75, 3.05) is 0 Å². The Hall–Kier alpha value is 0. The molecule has 0 aromatic carbocycles. The molecule has 74 valence electrons. The molecule has 1 rings (SSSR count). The Kier molecular flexibility index (Phi) is 4.89. The average molecular weight is 170 g/mol. The van der Waals surface area contributed by atoms with Gasteiger partial charge < -0.3 is 0 Å². The van der Waals surface area contributed by atoms with Crippen LogP contribution in [-0.4, -0.2) is 0 Å². The summed E-state index contributed by atoms with van der Waals surface area (Å²) >= 11 is 0. The minimum Gasteiger partial charge on any atom is -0.0683 e. The Morgan fingerprint density at radius 3 is 1.17 bits per heavy atom. The molecule has 1 aliphatic carbocycles. The lowest BCUT2D eigenvalue weighted by Gasteiger charge is -2.49. The summed E-state index contributed by atoms with van der Waals surface area (Å²) in [4.78, 5) is 0. The van der Waals surface area contributed by atoms with Crippen LogP contribution in [0.2, 0.25) is 0 Å². The van der Waals surface area contributed by atoms with E-state index >= 15 is 0 Å². The zero-order valence-corrected chi connectivity index (χ0v) is 9.78. The van der Waals surface area contributed by atoms with Crippen LogP contribution in [0.5, 0.6) is 0 Å². The van der Waals surface area contributed by atoms with Gasteiger partial charge in [0.15, 0.2) is 0 Å². The third-order valence-corrected chi connectivity index (χ3v) is 3.58. The number of rotatable bonds is 2. The van der Waals surface area contributed by atoms with E-state index in [0.717, 1.165) is 17.3 Å². The van der Waals surface area contributed by atoms with Crippen molar-refractivity contribution in [3.8, 4) is 0 Å². The van der Waals surface area contributed by atoms with E-state index in [1.165, 1.54) is 19.3 Å². The van der Waals surface area contributed by atoms with E-state index in [4.69, 9.17) is 0 Å². The van der Waals surface area contributed by atoms with Crippen molar-refractivity contribution in [2.45, 2.75) is 60.8 Å². The van der Waals surface area contributed by atoms with Crippen molar-refractivity contribution >= 4 is 0 Å². The Labute approximate surface area is 78.8 Å². The van der Waals surface area contributed by atoms with Crippen LogP contribution >= 0.6 is 0 Å². The maximum Gasteiger partial charge on any atom is -0.0251 e. The lowest BCUT2D eigenvalue weighted by molar-refractivity contribution is 0.0135. The van der Waals surface area contributed by atoms with Crippen molar-refractivity contribution in [3.05, 3.63) is 0 Å². The molecule has 1 fully saturated rings. The van der Waals surface area contributed by atoms with Gasteiger partial charge in [0.1, 0.15) is 0 Å². The van der Waals surface area contributed by atoms with Crippen LogP contribution in [0.25, 0.3) is 0 Å². The molecule has 0 atom stereocenters. The second-order valence-electron chi connectivity index (χ2n) is 4.40. The summed E-state index contributed by atoms with van der Waals surface area (Å²) < 4.78 is 0. The monoisotopic (exact) mass is 170 g/mol. The first-order chi connectivity index (χ1) is 5.59. The van der Waals surface area contributed by atoms with E-state index in [1.54, 1.807) is 0 Å². The normalized spacial score (nSPS) is 20.0. The molecule has 0 aromatic heterocycles. The van der Waals surface area contributed by atoms with Gasteiger partial charge in [0.2, 0.25) is 0 Å². The van der Waals surface area contributed by atoms with E-state index in [2.05, 4.69) is 27.7 Å². The van der Waals surface area contributed by atoms with Gasteiger partial charge in [-0.2, -0.15) is 0 Å². The molecule has 0 nitrogen and oxygen atoms in total. The molecule has 12 heavy (non-hydrogen) atoms. The van der Waals surface area contributed by atoms with Crippen LogP contribution in [0.1, 0.15) is 60.8 Å². The summed E-state index contributed by atoms with van der Waals surface area (Å²) in [6.07, 6.45) is 4.42. The first kappa shape index (κ1) is 12.0. The highest BCUT2D eigenvalue weighted by Crippen LogP contribution is 2.52. The highest BCUT2D eigenvalue weighted by Gasteiger charge is 2.41. The molecule has 1 aliphatic rings. The largest absolute Gasteiger partial charge is 0.0683 e. The molecule has 0 amide bonds. The van der Waals surface area contributed by atoms with Gasteiger partial charge in [-0.3, -0.25) is 0 Å². The van der Waals surface area contributed by atoms with E-state index in [-0.39, 0.29) is 0 Å². The van der Waals surface area contributed by atoms with Gasteiger partial charge in [-0.1, -0.05) is 48.0 Å². The van der Waals surface area contributed by atoms with Gasteiger partial charge in [-0.15, -0.1) is 0 Å². The standard InChI is InChI=1S/C10H20.C2H6/c1-8(2)10(9(3)4)6-5-7-10;1-2/h8-9H,5-7H2,1-4H3;1-2H3. The summed E-state index contributed by atoms with van der Waals surface area (Å²) in [6.45, 7) is 13.5. The fourth-order valence-corrected chi connectivity index (χ4v) is 2.41. The van der Waals surface area contributed by atoms with Crippen molar-refractivity contribution in [2.24, 2.45) is 17.3 Å². The molecule has 1 saturated carbocycles.